The minimum atomic E-state index is -0.149. The third kappa shape index (κ3) is 4.16. The molecule has 0 saturated carbocycles. The average Bonchev–Trinajstić information content (AvgIpc) is 3.40. The molecule has 0 bridgehead atoms. The van der Waals surface area contributed by atoms with Gasteiger partial charge in [0.15, 0.2) is 5.76 Å². The second kappa shape index (κ2) is 8.06. The van der Waals surface area contributed by atoms with Crippen molar-refractivity contribution in [2.24, 2.45) is 0 Å². The summed E-state index contributed by atoms with van der Waals surface area (Å²) in [5.41, 5.74) is 1.88. The molecule has 8 nitrogen and oxygen atoms in total. The standard InChI is InChI=1S/C21H25N5O3/c1-24(2)21(28)19-13-17-12-15(5-6-18(17)29-19)16-4-3-9-25(14-16)20(27)7-10-26-11-8-22-23-26/h5-6,8,11-13,16H,3-4,7,9-10,14H2,1-2H3/t16-/m0/s1. The molecule has 1 aliphatic heterocycles. The Morgan fingerprint density at radius 2 is 2.14 bits per heavy atom. The van der Waals surface area contributed by atoms with E-state index in [1.165, 1.54) is 10.5 Å². The molecule has 1 saturated heterocycles. The Morgan fingerprint density at radius 3 is 2.90 bits per heavy atom. The van der Waals surface area contributed by atoms with Crippen LogP contribution >= 0.6 is 0 Å². The van der Waals surface area contributed by atoms with Gasteiger partial charge in [0.05, 0.1) is 12.7 Å². The molecule has 1 aliphatic rings. The maximum absolute atomic E-state index is 12.6. The number of carbonyl (C=O) groups excluding carboxylic acids is 2. The summed E-state index contributed by atoms with van der Waals surface area (Å²) in [5, 5.41) is 8.60. The van der Waals surface area contributed by atoms with E-state index < -0.39 is 0 Å². The second-order valence-corrected chi connectivity index (χ2v) is 7.70. The van der Waals surface area contributed by atoms with Crippen molar-refractivity contribution in [1.82, 2.24) is 24.8 Å². The van der Waals surface area contributed by atoms with Gasteiger partial charge in [-0.2, -0.15) is 0 Å². The van der Waals surface area contributed by atoms with E-state index in [9.17, 15) is 9.59 Å². The Hall–Kier alpha value is -3.16. The summed E-state index contributed by atoms with van der Waals surface area (Å²) in [4.78, 5) is 28.2. The van der Waals surface area contributed by atoms with Crippen LogP contribution in [-0.2, 0) is 11.3 Å². The zero-order valence-corrected chi connectivity index (χ0v) is 16.7. The van der Waals surface area contributed by atoms with Gasteiger partial charge in [-0.1, -0.05) is 11.3 Å². The Labute approximate surface area is 169 Å². The average molecular weight is 395 g/mol. The molecule has 152 valence electrons. The number of nitrogens with zero attached hydrogens (tertiary/aromatic N) is 5. The van der Waals surface area contributed by atoms with E-state index >= 15 is 0 Å². The molecule has 2 aromatic heterocycles. The third-order valence-electron chi connectivity index (χ3n) is 5.43. The van der Waals surface area contributed by atoms with E-state index in [4.69, 9.17) is 4.42 Å². The van der Waals surface area contributed by atoms with E-state index in [-0.39, 0.29) is 17.7 Å². The van der Waals surface area contributed by atoms with Gasteiger partial charge in [0, 0.05) is 51.1 Å². The largest absolute Gasteiger partial charge is 0.451 e. The van der Waals surface area contributed by atoms with Gasteiger partial charge >= 0.3 is 0 Å². The lowest BCUT2D eigenvalue weighted by atomic mass is 9.90. The fraction of sp³-hybridized carbons (Fsp3) is 0.429. The molecule has 3 aromatic rings. The maximum Gasteiger partial charge on any atom is 0.289 e. The first-order valence-corrected chi connectivity index (χ1v) is 9.88. The molecule has 2 amide bonds. The number of rotatable bonds is 5. The summed E-state index contributed by atoms with van der Waals surface area (Å²) in [7, 11) is 3.41. The number of amides is 2. The Balaban J connectivity index is 1.45. The van der Waals surface area contributed by atoms with E-state index in [1.807, 2.05) is 17.0 Å². The van der Waals surface area contributed by atoms with Gasteiger partial charge in [0.25, 0.3) is 5.91 Å². The summed E-state index contributed by atoms with van der Waals surface area (Å²) in [6, 6.07) is 7.84. The first-order valence-electron chi connectivity index (χ1n) is 9.88. The topological polar surface area (TPSA) is 84.5 Å². The molecule has 1 atom stereocenters. The van der Waals surface area contributed by atoms with Crippen LogP contribution in [0.25, 0.3) is 11.0 Å². The molecule has 0 radical (unpaired) electrons. The molecule has 1 fully saturated rings. The summed E-state index contributed by atoms with van der Waals surface area (Å²) in [6.45, 7) is 2.05. The van der Waals surface area contributed by atoms with Crippen molar-refractivity contribution in [3.63, 3.8) is 0 Å². The highest BCUT2D eigenvalue weighted by atomic mass is 16.3. The molecular weight excluding hydrogens is 370 g/mol. The fourth-order valence-electron chi connectivity index (χ4n) is 3.84. The van der Waals surface area contributed by atoms with Gasteiger partial charge in [-0.15, -0.1) is 5.10 Å². The second-order valence-electron chi connectivity index (χ2n) is 7.70. The predicted molar refractivity (Wildman–Crippen MR) is 107 cm³/mol. The van der Waals surface area contributed by atoms with Gasteiger partial charge in [-0.25, -0.2) is 0 Å². The molecule has 0 N–H and O–H groups in total. The van der Waals surface area contributed by atoms with Crippen molar-refractivity contribution in [2.45, 2.75) is 31.7 Å². The Morgan fingerprint density at radius 1 is 1.28 bits per heavy atom. The van der Waals surface area contributed by atoms with Gasteiger partial charge in [0.1, 0.15) is 5.58 Å². The number of aromatic nitrogens is 3. The highest BCUT2D eigenvalue weighted by molar-refractivity contribution is 5.96. The van der Waals surface area contributed by atoms with Crippen LogP contribution in [0.4, 0.5) is 0 Å². The molecule has 8 heteroatoms. The minimum Gasteiger partial charge on any atom is -0.451 e. The molecule has 0 aliphatic carbocycles. The molecule has 4 rings (SSSR count). The summed E-state index contributed by atoms with van der Waals surface area (Å²) < 4.78 is 7.37. The Bertz CT molecular complexity index is 1010. The lowest BCUT2D eigenvalue weighted by molar-refractivity contribution is -0.132. The lowest BCUT2D eigenvalue weighted by Crippen LogP contribution is -2.39. The van der Waals surface area contributed by atoms with Crippen LogP contribution in [0.5, 0.6) is 0 Å². The molecule has 29 heavy (non-hydrogen) atoms. The van der Waals surface area contributed by atoms with E-state index in [0.29, 0.717) is 30.9 Å². The maximum atomic E-state index is 12.6. The number of hydrogen-bond donors (Lipinski definition) is 0. The van der Waals surface area contributed by atoms with Crippen molar-refractivity contribution in [3.8, 4) is 0 Å². The van der Waals surface area contributed by atoms with E-state index in [0.717, 1.165) is 24.8 Å². The third-order valence-corrected chi connectivity index (χ3v) is 5.43. The number of benzene rings is 1. The van der Waals surface area contributed by atoms with Crippen molar-refractivity contribution in [2.75, 3.05) is 27.2 Å². The van der Waals surface area contributed by atoms with Gasteiger partial charge < -0.3 is 14.2 Å². The van der Waals surface area contributed by atoms with Crippen LogP contribution in [0.2, 0.25) is 0 Å². The monoisotopic (exact) mass is 395 g/mol. The van der Waals surface area contributed by atoms with Crippen LogP contribution in [0.15, 0.2) is 41.1 Å². The van der Waals surface area contributed by atoms with Gasteiger partial charge in [0.2, 0.25) is 5.91 Å². The zero-order chi connectivity index (χ0) is 20.4. The van der Waals surface area contributed by atoms with Crippen LogP contribution < -0.4 is 0 Å². The normalized spacial score (nSPS) is 16.9. The van der Waals surface area contributed by atoms with Crippen molar-refractivity contribution in [3.05, 3.63) is 48.0 Å². The highest BCUT2D eigenvalue weighted by Gasteiger charge is 2.25. The number of likely N-dealkylation sites (tertiary alicyclic amines) is 1. The molecule has 0 spiro atoms. The smallest absolute Gasteiger partial charge is 0.289 e. The van der Waals surface area contributed by atoms with Gasteiger partial charge in [-0.05, 0) is 36.6 Å². The van der Waals surface area contributed by atoms with E-state index in [1.54, 1.807) is 37.2 Å². The first kappa shape index (κ1) is 19.2. The fourth-order valence-corrected chi connectivity index (χ4v) is 3.84. The number of hydrogen-bond acceptors (Lipinski definition) is 5. The number of fused-ring (bicyclic) bond motifs is 1. The zero-order valence-electron chi connectivity index (χ0n) is 16.7. The van der Waals surface area contributed by atoms with Crippen molar-refractivity contribution >= 4 is 22.8 Å². The molecule has 3 heterocycles. The predicted octanol–water partition coefficient (Wildman–Crippen LogP) is 2.52. The number of carbonyl (C=O) groups is 2. The van der Waals surface area contributed by atoms with Crippen LogP contribution in [0.1, 0.15) is 41.3 Å². The van der Waals surface area contributed by atoms with Crippen LogP contribution in [0.3, 0.4) is 0 Å². The summed E-state index contributed by atoms with van der Waals surface area (Å²) >= 11 is 0. The van der Waals surface area contributed by atoms with Crippen molar-refractivity contribution in [1.29, 1.82) is 0 Å². The Kier molecular flexibility index (Phi) is 5.33. The number of furan rings is 1. The van der Waals surface area contributed by atoms with Crippen LogP contribution in [-0.4, -0.2) is 63.8 Å². The summed E-state index contributed by atoms with van der Waals surface area (Å²) in [5.74, 6) is 0.625. The minimum absolute atomic E-state index is 0.147. The SMILES string of the molecule is CN(C)C(=O)c1cc2cc([C@H]3CCCN(C(=O)CCn4ccnn4)C3)ccc2o1. The molecule has 0 unspecified atom stereocenters. The lowest BCUT2D eigenvalue weighted by Gasteiger charge is -2.33. The van der Waals surface area contributed by atoms with Gasteiger partial charge in [-0.3, -0.25) is 14.3 Å². The molecule has 1 aromatic carbocycles. The highest BCUT2D eigenvalue weighted by Crippen LogP contribution is 2.31. The number of piperidine rings is 1. The molecular formula is C21H25N5O3. The quantitative estimate of drug-likeness (QED) is 0.663. The summed E-state index contributed by atoms with van der Waals surface area (Å²) in [6.07, 6.45) is 5.83. The van der Waals surface area contributed by atoms with Crippen molar-refractivity contribution < 1.29 is 14.0 Å². The first-order chi connectivity index (χ1) is 14.0. The van der Waals surface area contributed by atoms with Crippen LogP contribution in [0, 0.1) is 0 Å². The van der Waals surface area contributed by atoms with E-state index in [2.05, 4.69) is 16.4 Å². The number of aryl methyl sites for hydroxylation is 1.